The first-order valence-corrected chi connectivity index (χ1v) is 7.44. The zero-order valence-corrected chi connectivity index (χ0v) is 10.7. The molecular weight excluding hydrogens is 288 g/mol. The molecule has 11 heteroatoms. The SMILES string of the molecule is NCc1ccccc1OP(=O)(O)O.O=P(O)(O)O. The van der Waals surface area contributed by atoms with Crippen molar-refractivity contribution in [1.82, 2.24) is 0 Å². The summed E-state index contributed by atoms with van der Waals surface area (Å²) in [5, 5.41) is 0. The summed E-state index contributed by atoms with van der Waals surface area (Å²) in [7, 11) is -9.12. The third-order valence-corrected chi connectivity index (χ3v) is 1.84. The zero-order chi connectivity index (χ0) is 14.4. The van der Waals surface area contributed by atoms with Gasteiger partial charge in [0.05, 0.1) is 0 Å². The summed E-state index contributed by atoms with van der Waals surface area (Å²) in [4.78, 5) is 38.6. The van der Waals surface area contributed by atoms with Crippen LogP contribution in [0.25, 0.3) is 0 Å². The van der Waals surface area contributed by atoms with Gasteiger partial charge in [-0.1, -0.05) is 18.2 Å². The van der Waals surface area contributed by atoms with Crippen molar-refractivity contribution in [2.45, 2.75) is 6.54 Å². The molecule has 0 aromatic heterocycles. The molecule has 0 fully saturated rings. The van der Waals surface area contributed by atoms with Gasteiger partial charge in [-0.05, 0) is 6.07 Å². The molecule has 7 N–H and O–H groups in total. The molecule has 0 aliphatic rings. The zero-order valence-electron chi connectivity index (χ0n) is 8.95. The summed E-state index contributed by atoms with van der Waals surface area (Å²) in [6.07, 6.45) is 0. The van der Waals surface area contributed by atoms with Gasteiger partial charge in [0.25, 0.3) is 0 Å². The number of hydrogen-bond donors (Lipinski definition) is 6. The third kappa shape index (κ3) is 10.4. The highest BCUT2D eigenvalue weighted by molar-refractivity contribution is 7.46. The molecule has 104 valence electrons. The Balaban J connectivity index is 0.000000494. The second-order valence-electron chi connectivity index (χ2n) is 2.91. The minimum Gasteiger partial charge on any atom is -0.404 e. The molecule has 0 saturated heterocycles. The number of phosphoric acid groups is 2. The second kappa shape index (κ2) is 6.98. The maximum absolute atomic E-state index is 10.5. The first-order valence-electron chi connectivity index (χ1n) is 4.34. The van der Waals surface area contributed by atoms with E-state index in [2.05, 4.69) is 4.52 Å². The molecule has 1 aromatic carbocycles. The lowest BCUT2D eigenvalue weighted by Gasteiger charge is -2.09. The van der Waals surface area contributed by atoms with Crippen LogP contribution in [0.1, 0.15) is 5.56 Å². The Hall–Kier alpha value is -0.760. The smallest absolute Gasteiger partial charge is 0.404 e. The van der Waals surface area contributed by atoms with E-state index >= 15 is 0 Å². The Kier molecular flexibility index (Phi) is 6.69. The van der Waals surface area contributed by atoms with Gasteiger partial charge in [0.15, 0.2) is 0 Å². The molecule has 9 nitrogen and oxygen atoms in total. The van der Waals surface area contributed by atoms with Crippen molar-refractivity contribution in [3.05, 3.63) is 29.8 Å². The van der Waals surface area contributed by atoms with Crippen LogP contribution in [0.2, 0.25) is 0 Å². The minimum atomic E-state index is -4.64. The van der Waals surface area contributed by atoms with E-state index in [1.54, 1.807) is 18.2 Å². The van der Waals surface area contributed by atoms with E-state index in [0.717, 1.165) is 0 Å². The number of benzene rings is 1. The number of nitrogens with two attached hydrogens (primary N) is 1. The first-order chi connectivity index (χ1) is 8.03. The van der Waals surface area contributed by atoms with Crippen molar-refractivity contribution in [2.24, 2.45) is 5.73 Å². The normalized spacial score (nSPS) is 11.4. The average Bonchev–Trinajstić information content (AvgIpc) is 2.13. The van der Waals surface area contributed by atoms with E-state index in [0.29, 0.717) is 5.56 Å². The summed E-state index contributed by atoms with van der Waals surface area (Å²) >= 11 is 0. The van der Waals surface area contributed by atoms with Gasteiger partial charge < -0.3 is 24.9 Å². The van der Waals surface area contributed by atoms with Gasteiger partial charge in [0.2, 0.25) is 0 Å². The lowest BCUT2D eigenvalue weighted by atomic mass is 10.2. The summed E-state index contributed by atoms with van der Waals surface area (Å²) in [6.45, 7) is 0.177. The highest BCUT2D eigenvalue weighted by Crippen LogP contribution is 2.38. The topological polar surface area (TPSA) is 171 Å². The second-order valence-corrected chi connectivity index (χ2v) is 5.10. The van der Waals surface area contributed by atoms with Crippen molar-refractivity contribution in [2.75, 3.05) is 0 Å². The van der Waals surface area contributed by atoms with Crippen molar-refractivity contribution in [3.8, 4) is 5.75 Å². The van der Waals surface area contributed by atoms with Crippen LogP contribution >= 0.6 is 15.6 Å². The van der Waals surface area contributed by atoms with Crippen LogP contribution in [0.4, 0.5) is 0 Å². The average molecular weight is 301 g/mol. The Morgan fingerprint density at radius 2 is 1.50 bits per heavy atom. The van der Waals surface area contributed by atoms with Gasteiger partial charge in [-0.3, -0.25) is 9.79 Å². The predicted octanol–water partition coefficient (Wildman–Crippen LogP) is -0.312. The Morgan fingerprint density at radius 1 is 1.06 bits per heavy atom. The predicted molar refractivity (Wildman–Crippen MR) is 61.3 cm³/mol. The van der Waals surface area contributed by atoms with Crippen LogP contribution in [0.5, 0.6) is 5.75 Å². The Morgan fingerprint density at radius 3 is 1.89 bits per heavy atom. The number of phosphoric ester groups is 1. The quantitative estimate of drug-likeness (QED) is 0.409. The molecule has 0 saturated carbocycles. The fourth-order valence-electron chi connectivity index (χ4n) is 0.890. The van der Waals surface area contributed by atoms with Crippen molar-refractivity contribution in [1.29, 1.82) is 0 Å². The molecule has 18 heavy (non-hydrogen) atoms. The fraction of sp³-hybridized carbons (Fsp3) is 0.143. The molecule has 0 atom stereocenters. The summed E-state index contributed by atoms with van der Waals surface area (Å²) in [5.74, 6) is 0.123. The van der Waals surface area contributed by atoms with Gasteiger partial charge in [-0.2, -0.15) is 0 Å². The fourth-order valence-corrected chi connectivity index (χ4v) is 1.32. The van der Waals surface area contributed by atoms with Crippen LogP contribution in [0.15, 0.2) is 24.3 Å². The first kappa shape index (κ1) is 17.2. The van der Waals surface area contributed by atoms with Crippen molar-refractivity contribution in [3.63, 3.8) is 0 Å². The van der Waals surface area contributed by atoms with Gasteiger partial charge in [-0.25, -0.2) is 9.13 Å². The van der Waals surface area contributed by atoms with Gasteiger partial charge >= 0.3 is 15.6 Å². The molecule has 0 radical (unpaired) electrons. The summed E-state index contributed by atoms with van der Waals surface area (Å²) < 4.78 is 23.8. The van der Waals surface area contributed by atoms with E-state index in [1.807, 2.05) is 0 Å². The van der Waals surface area contributed by atoms with Crippen LogP contribution in [-0.2, 0) is 15.7 Å². The number of para-hydroxylation sites is 1. The Labute approximate surface area is 102 Å². The monoisotopic (exact) mass is 301 g/mol. The molecule has 0 bridgehead atoms. The van der Waals surface area contributed by atoms with Crippen LogP contribution < -0.4 is 10.3 Å². The van der Waals surface area contributed by atoms with Crippen LogP contribution in [0.3, 0.4) is 0 Å². The number of rotatable bonds is 3. The molecule has 0 unspecified atom stereocenters. The highest BCUT2D eigenvalue weighted by Gasteiger charge is 2.17. The molecular formula is C7H13NO8P2. The van der Waals surface area contributed by atoms with Gasteiger partial charge in [0, 0.05) is 12.1 Å². The van der Waals surface area contributed by atoms with Gasteiger partial charge in [-0.15, -0.1) is 0 Å². The van der Waals surface area contributed by atoms with E-state index in [1.165, 1.54) is 6.07 Å². The molecule has 0 aliphatic carbocycles. The highest BCUT2D eigenvalue weighted by atomic mass is 31.2. The molecule has 0 aliphatic heterocycles. The molecule has 1 aromatic rings. The maximum Gasteiger partial charge on any atom is 0.524 e. The standard InChI is InChI=1S/C7H10NO4P.H3O4P/c8-5-6-3-1-2-4-7(6)12-13(9,10)11;1-5(2,3)4/h1-4H,5,8H2,(H2,9,10,11);(H3,1,2,3,4). The lowest BCUT2D eigenvalue weighted by molar-refractivity contribution is 0.274. The van der Waals surface area contributed by atoms with E-state index < -0.39 is 15.6 Å². The summed E-state index contributed by atoms with van der Waals surface area (Å²) in [5.41, 5.74) is 5.90. The summed E-state index contributed by atoms with van der Waals surface area (Å²) in [6, 6.07) is 6.44. The Bertz CT molecular complexity index is 458. The molecule has 0 spiro atoms. The van der Waals surface area contributed by atoms with Gasteiger partial charge in [0.1, 0.15) is 5.75 Å². The van der Waals surface area contributed by atoms with E-state index in [-0.39, 0.29) is 12.3 Å². The number of hydrogen-bond acceptors (Lipinski definition) is 4. The van der Waals surface area contributed by atoms with Crippen molar-refractivity contribution < 1.29 is 38.1 Å². The lowest BCUT2D eigenvalue weighted by Crippen LogP contribution is -2.00. The van der Waals surface area contributed by atoms with E-state index in [9.17, 15) is 4.57 Å². The minimum absolute atomic E-state index is 0.123. The molecule has 0 amide bonds. The third-order valence-electron chi connectivity index (χ3n) is 1.41. The van der Waals surface area contributed by atoms with E-state index in [4.69, 9.17) is 34.8 Å². The largest absolute Gasteiger partial charge is 0.524 e. The van der Waals surface area contributed by atoms with Crippen LogP contribution in [0, 0.1) is 0 Å². The van der Waals surface area contributed by atoms with Crippen LogP contribution in [-0.4, -0.2) is 24.5 Å². The molecule has 0 heterocycles. The molecule has 1 rings (SSSR count). The maximum atomic E-state index is 10.5. The van der Waals surface area contributed by atoms with Crippen molar-refractivity contribution >= 4 is 15.6 Å².